The topological polar surface area (TPSA) is 78.7 Å². The van der Waals surface area contributed by atoms with Crippen molar-refractivity contribution in [3.05, 3.63) is 59.3 Å². The highest BCUT2D eigenvalue weighted by Gasteiger charge is 2.24. The van der Waals surface area contributed by atoms with E-state index in [1.807, 2.05) is 69.8 Å². The van der Waals surface area contributed by atoms with Crippen molar-refractivity contribution in [3.8, 4) is 0 Å². The Morgan fingerprint density at radius 2 is 1.82 bits per heavy atom. The highest BCUT2D eigenvalue weighted by molar-refractivity contribution is 7.89. The number of hydrogen-bond donors (Lipinski definition) is 2. The Hall–Kier alpha value is -2.75. The van der Waals surface area contributed by atoms with Crippen LogP contribution in [-0.2, 0) is 17.1 Å². The van der Waals surface area contributed by atoms with Crippen LogP contribution in [0.2, 0.25) is 0 Å². The Bertz CT molecular complexity index is 1310. The molecule has 34 heavy (non-hydrogen) atoms. The van der Waals surface area contributed by atoms with E-state index in [-0.39, 0.29) is 0 Å². The van der Waals surface area contributed by atoms with E-state index in [2.05, 4.69) is 15.8 Å². The molecule has 0 saturated carbocycles. The van der Waals surface area contributed by atoms with Gasteiger partial charge in [0.1, 0.15) is 0 Å². The van der Waals surface area contributed by atoms with Crippen molar-refractivity contribution in [1.29, 1.82) is 0 Å². The second kappa shape index (κ2) is 11.1. The third-order valence-electron chi connectivity index (χ3n) is 5.59. The number of fused-ring (bicyclic) bond motifs is 1. The summed E-state index contributed by atoms with van der Waals surface area (Å²) in [6, 6.07) is 11.4. The highest BCUT2D eigenvalue weighted by atomic mass is 32.2. The van der Waals surface area contributed by atoms with Crippen molar-refractivity contribution < 1.29 is 8.42 Å². The molecule has 7 nitrogen and oxygen atoms in total. The molecule has 0 spiro atoms. The van der Waals surface area contributed by atoms with Crippen LogP contribution in [0.5, 0.6) is 0 Å². The number of anilines is 1. The normalized spacial score (nSPS) is 12.1. The molecular weight excluding hydrogens is 466 g/mol. The molecule has 9 heteroatoms. The van der Waals surface area contributed by atoms with Crippen molar-refractivity contribution >= 4 is 50.2 Å². The Balaban J connectivity index is 1.83. The molecule has 2 aromatic carbocycles. The van der Waals surface area contributed by atoms with E-state index in [9.17, 15) is 8.42 Å². The minimum atomic E-state index is -3.57. The molecule has 1 aromatic heterocycles. The lowest BCUT2D eigenvalue weighted by Gasteiger charge is -2.21. The number of hydrogen-bond acceptors (Lipinski definition) is 4. The monoisotopic (exact) mass is 499 g/mol. The van der Waals surface area contributed by atoms with E-state index >= 15 is 0 Å². The third-order valence-corrected chi connectivity index (χ3v) is 7.67. The fourth-order valence-electron chi connectivity index (χ4n) is 3.85. The van der Waals surface area contributed by atoms with E-state index in [1.54, 1.807) is 22.7 Å². The smallest absolute Gasteiger partial charge is 0.243 e. The van der Waals surface area contributed by atoms with Gasteiger partial charge in [-0.05, 0) is 74.3 Å². The lowest BCUT2D eigenvalue weighted by molar-refractivity contribution is 0.410. The number of aryl methyl sites for hydroxylation is 3. The Kier molecular flexibility index (Phi) is 8.46. The lowest BCUT2D eigenvalue weighted by atomic mass is 10.1. The van der Waals surface area contributed by atoms with Crippen LogP contribution in [0.4, 0.5) is 5.69 Å². The molecule has 0 saturated heterocycles. The van der Waals surface area contributed by atoms with Gasteiger partial charge in [-0.2, -0.15) is 9.41 Å². The summed E-state index contributed by atoms with van der Waals surface area (Å²) in [6.45, 7) is 9.02. The van der Waals surface area contributed by atoms with Gasteiger partial charge in [-0.1, -0.05) is 26.0 Å². The van der Waals surface area contributed by atoms with Crippen molar-refractivity contribution in [2.45, 2.75) is 45.4 Å². The molecule has 1 heterocycles. The van der Waals surface area contributed by atoms with Crippen LogP contribution in [0.15, 0.2) is 52.6 Å². The number of hydrazone groups is 1. The Morgan fingerprint density at radius 1 is 1.12 bits per heavy atom. The molecule has 3 rings (SSSR count). The van der Waals surface area contributed by atoms with Crippen molar-refractivity contribution in [3.63, 3.8) is 0 Å². The second-order valence-electron chi connectivity index (χ2n) is 8.42. The zero-order chi connectivity index (χ0) is 24.9. The average molecular weight is 500 g/mol. The third kappa shape index (κ3) is 5.84. The zero-order valence-electron chi connectivity index (χ0n) is 20.4. The Labute approximate surface area is 207 Å². The molecule has 0 aliphatic rings. The van der Waals surface area contributed by atoms with Gasteiger partial charge in [0.15, 0.2) is 5.11 Å². The number of nitrogens with one attached hydrogen (secondary N) is 2. The van der Waals surface area contributed by atoms with Gasteiger partial charge in [-0.15, -0.1) is 0 Å². The van der Waals surface area contributed by atoms with Gasteiger partial charge >= 0.3 is 0 Å². The molecule has 0 unspecified atom stereocenters. The maximum Gasteiger partial charge on any atom is 0.243 e. The summed E-state index contributed by atoms with van der Waals surface area (Å²) >= 11 is 5.38. The summed E-state index contributed by atoms with van der Waals surface area (Å²) < 4.78 is 30.0. The van der Waals surface area contributed by atoms with Gasteiger partial charge in [0.05, 0.1) is 11.1 Å². The summed E-state index contributed by atoms with van der Waals surface area (Å²) in [4.78, 5) is 0.294. The largest absolute Gasteiger partial charge is 0.350 e. The van der Waals surface area contributed by atoms with Gasteiger partial charge in [-0.3, -0.25) is 5.43 Å². The molecule has 0 radical (unpaired) electrons. The summed E-state index contributed by atoms with van der Waals surface area (Å²) in [5.74, 6) is 0. The first-order valence-corrected chi connectivity index (χ1v) is 13.3. The minimum Gasteiger partial charge on any atom is -0.350 e. The van der Waals surface area contributed by atoms with Crippen molar-refractivity contribution in [2.75, 3.05) is 18.4 Å². The molecule has 2 N–H and O–H groups in total. The van der Waals surface area contributed by atoms with Crippen LogP contribution < -0.4 is 10.7 Å². The summed E-state index contributed by atoms with van der Waals surface area (Å²) in [5, 5.41) is 8.64. The van der Waals surface area contributed by atoms with Crippen LogP contribution >= 0.6 is 12.2 Å². The first-order valence-electron chi connectivity index (χ1n) is 11.4. The van der Waals surface area contributed by atoms with E-state index in [0.717, 1.165) is 46.1 Å². The minimum absolute atomic E-state index is 0.294. The standard InChI is InChI=1S/C25H33N5O2S2/c1-6-12-30(13-7-2)34(31,32)21-10-11-24-22(15-21)20(17-29(24)5)16-26-28-25(33)27-23-14-18(3)8-9-19(23)4/h8-11,14-17H,6-7,12-13H2,1-5H3,(H2,27,28,33)/b26-16+. The number of thiocarbonyl (C=S) groups is 1. The van der Waals surface area contributed by atoms with E-state index in [0.29, 0.717) is 23.1 Å². The SMILES string of the molecule is CCCN(CCC)S(=O)(=O)c1ccc2c(c1)c(/C=N/NC(=S)Nc1cc(C)ccc1C)cn2C. The van der Waals surface area contributed by atoms with Gasteiger partial charge in [0.2, 0.25) is 10.0 Å². The van der Waals surface area contributed by atoms with Crippen LogP contribution in [0.25, 0.3) is 10.9 Å². The predicted octanol–water partition coefficient (Wildman–Crippen LogP) is 4.93. The molecule has 3 aromatic rings. The maximum atomic E-state index is 13.3. The number of sulfonamides is 1. The van der Waals surface area contributed by atoms with Crippen LogP contribution in [0.1, 0.15) is 43.4 Å². The Morgan fingerprint density at radius 3 is 2.50 bits per heavy atom. The number of benzene rings is 2. The van der Waals surface area contributed by atoms with Gasteiger partial charge < -0.3 is 9.88 Å². The number of rotatable bonds is 9. The molecule has 0 fully saturated rings. The molecule has 0 amide bonds. The first-order chi connectivity index (χ1) is 16.2. The van der Waals surface area contributed by atoms with E-state index in [4.69, 9.17) is 12.2 Å². The summed E-state index contributed by atoms with van der Waals surface area (Å²) in [5.41, 5.74) is 7.72. The van der Waals surface area contributed by atoms with E-state index in [1.165, 1.54) is 0 Å². The number of aromatic nitrogens is 1. The average Bonchev–Trinajstić information content (AvgIpc) is 3.11. The molecule has 0 aliphatic heterocycles. The molecule has 0 bridgehead atoms. The number of nitrogens with zero attached hydrogens (tertiary/aromatic N) is 3. The van der Waals surface area contributed by atoms with Gasteiger partial charge in [0.25, 0.3) is 0 Å². The molecule has 182 valence electrons. The summed E-state index contributed by atoms with van der Waals surface area (Å²) in [6.07, 6.45) is 5.12. The zero-order valence-corrected chi connectivity index (χ0v) is 22.1. The van der Waals surface area contributed by atoms with Gasteiger partial charge in [-0.25, -0.2) is 8.42 Å². The second-order valence-corrected chi connectivity index (χ2v) is 10.8. The molecule has 0 aliphatic carbocycles. The van der Waals surface area contributed by atoms with E-state index < -0.39 is 10.0 Å². The van der Waals surface area contributed by atoms with Crippen LogP contribution in [-0.4, -0.2) is 41.7 Å². The first kappa shape index (κ1) is 25.9. The highest BCUT2D eigenvalue weighted by Crippen LogP contribution is 2.25. The lowest BCUT2D eigenvalue weighted by Crippen LogP contribution is -2.32. The molecule has 0 atom stereocenters. The van der Waals surface area contributed by atoms with Crippen molar-refractivity contribution in [2.24, 2.45) is 12.1 Å². The van der Waals surface area contributed by atoms with Gasteiger partial charge in [0, 0.05) is 48.5 Å². The maximum absolute atomic E-state index is 13.3. The predicted molar refractivity (Wildman–Crippen MR) is 145 cm³/mol. The van der Waals surface area contributed by atoms with Crippen LogP contribution in [0, 0.1) is 13.8 Å². The quantitative estimate of drug-likeness (QED) is 0.248. The van der Waals surface area contributed by atoms with Crippen LogP contribution in [0.3, 0.4) is 0 Å². The summed E-state index contributed by atoms with van der Waals surface area (Å²) in [7, 11) is -1.64. The van der Waals surface area contributed by atoms with Crippen molar-refractivity contribution in [1.82, 2.24) is 14.3 Å². The molecular formula is C25H33N5O2S2. The fourth-order valence-corrected chi connectivity index (χ4v) is 5.66. The fraction of sp³-hybridized carbons (Fsp3) is 0.360.